The van der Waals surface area contributed by atoms with E-state index in [1.54, 1.807) is 6.20 Å². The Labute approximate surface area is 118 Å². The van der Waals surface area contributed by atoms with Crippen LogP contribution in [0.15, 0.2) is 36.5 Å². The van der Waals surface area contributed by atoms with Crippen molar-refractivity contribution in [3.05, 3.63) is 47.5 Å². The van der Waals surface area contributed by atoms with Gasteiger partial charge in [0.05, 0.1) is 12.7 Å². The average Bonchev–Trinajstić information content (AvgIpc) is 2.76. The van der Waals surface area contributed by atoms with Crippen molar-refractivity contribution in [2.24, 2.45) is 7.05 Å². The summed E-state index contributed by atoms with van der Waals surface area (Å²) in [6.45, 7) is 1.64. The zero-order valence-electron chi connectivity index (χ0n) is 11.0. The summed E-state index contributed by atoms with van der Waals surface area (Å²) >= 11 is 6.01. The van der Waals surface area contributed by atoms with Gasteiger partial charge in [0.25, 0.3) is 0 Å². The van der Waals surface area contributed by atoms with E-state index in [0.717, 1.165) is 24.5 Å². The maximum absolute atomic E-state index is 9.02. The van der Waals surface area contributed by atoms with Gasteiger partial charge in [-0.3, -0.25) is 0 Å². The predicted octanol–water partition coefficient (Wildman–Crippen LogP) is 2.46. The van der Waals surface area contributed by atoms with E-state index in [1.807, 2.05) is 29.8 Å². The molecule has 0 aliphatic carbocycles. The number of nitrogens with zero attached hydrogens (tertiary/aromatic N) is 3. The Morgan fingerprint density at radius 2 is 2.05 bits per heavy atom. The Morgan fingerprint density at radius 3 is 2.63 bits per heavy atom. The van der Waals surface area contributed by atoms with E-state index in [4.69, 9.17) is 16.7 Å². The standard InChI is InChI=1S/C14H18ClN3O/c1-17-13(15)10-16-14(17)11-18(8-5-9-19)12-6-3-2-4-7-12/h2-4,6-7,10,19H,5,8-9,11H2,1H3. The van der Waals surface area contributed by atoms with Crippen LogP contribution in [0.2, 0.25) is 5.15 Å². The summed E-state index contributed by atoms with van der Waals surface area (Å²) in [6.07, 6.45) is 2.39. The topological polar surface area (TPSA) is 41.3 Å². The lowest BCUT2D eigenvalue weighted by Gasteiger charge is -2.24. The molecule has 0 fully saturated rings. The van der Waals surface area contributed by atoms with Crippen molar-refractivity contribution in [1.29, 1.82) is 0 Å². The van der Waals surface area contributed by atoms with Crippen LogP contribution in [0.25, 0.3) is 0 Å². The van der Waals surface area contributed by atoms with Crippen molar-refractivity contribution in [1.82, 2.24) is 9.55 Å². The number of benzene rings is 1. The van der Waals surface area contributed by atoms with Crippen molar-refractivity contribution in [2.75, 3.05) is 18.1 Å². The van der Waals surface area contributed by atoms with Crippen LogP contribution >= 0.6 is 11.6 Å². The highest BCUT2D eigenvalue weighted by Gasteiger charge is 2.11. The fourth-order valence-corrected chi connectivity index (χ4v) is 2.09. The molecule has 0 atom stereocenters. The number of rotatable bonds is 6. The molecule has 0 aliphatic heterocycles. The van der Waals surface area contributed by atoms with Gasteiger partial charge in [0.15, 0.2) is 0 Å². The van der Waals surface area contributed by atoms with Crippen LogP contribution in [0, 0.1) is 0 Å². The molecule has 1 aromatic carbocycles. The van der Waals surface area contributed by atoms with Crippen LogP contribution in [-0.4, -0.2) is 27.8 Å². The van der Waals surface area contributed by atoms with Crippen LogP contribution in [0.5, 0.6) is 0 Å². The third kappa shape index (κ3) is 3.49. The minimum Gasteiger partial charge on any atom is -0.396 e. The molecule has 19 heavy (non-hydrogen) atoms. The molecule has 0 saturated heterocycles. The summed E-state index contributed by atoms with van der Waals surface area (Å²) < 4.78 is 1.87. The normalized spacial score (nSPS) is 10.7. The number of hydrogen-bond acceptors (Lipinski definition) is 3. The molecule has 0 bridgehead atoms. The van der Waals surface area contributed by atoms with E-state index < -0.39 is 0 Å². The zero-order valence-corrected chi connectivity index (χ0v) is 11.7. The third-order valence-electron chi connectivity index (χ3n) is 3.07. The highest BCUT2D eigenvalue weighted by atomic mass is 35.5. The molecule has 0 amide bonds. The maximum Gasteiger partial charge on any atom is 0.129 e. The van der Waals surface area contributed by atoms with Crippen LogP contribution in [-0.2, 0) is 13.6 Å². The highest BCUT2D eigenvalue weighted by Crippen LogP contribution is 2.18. The third-order valence-corrected chi connectivity index (χ3v) is 3.42. The number of para-hydroxylation sites is 1. The van der Waals surface area contributed by atoms with Crippen molar-refractivity contribution < 1.29 is 5.11 Å². The summed E-state index contributed by atoms with van der Waals surface area (Å²) in [4.78, 5) is 6.50. The van der Waals surface area contributed by atoms with Gasteiger partial charge in [0.2, 0.25) is 0 Å². The fraction of sp³-hybridized carbons (Fsp3) is 0.357. The lowest BCUT2D eigenvalue weighted by atomic mass is 10.2. The summed E-state index contributed by atoms with van der Waals surface area (Å²) in [5, 5.41) is 9.65. The molecule has 0 unspecified atom stereocenters. The van der Waals surface area contributed by atoms with Gasteiger partial charge in [0, 0.05) is 25.9 Å². The van der Waals surface area contributed by atoms with Gasteiger partial charge in [-0.05, 0) is 18.6 Å². The number of hydrogen-bond donors (Lipinski definition) is 1. The van der Waals surface area contributed by atoms with Crippen LogP contribution in [0.1, 0.15) is 12.2 Å². The van der Waals surface area contributed by atoms with Crippen molar-refractivity contribution in [3.63, 3.8) is 0 Å². The molecule has 4 nitrogen and oxygen atoms in total. The van der Waals surface area contributed by atoms with Gasteiger partial charge in [-0.25, -0.2) is 4.98 Å². The van der Waals surface area contributed by atoms with Crippen LogP contribution < -0.4 is 4.90 Å². The molecule has 1 aromatic heterocycles. The van der Waals surface area contributed by atoms with E-state index in [2.05, 4.69) is 22.0 Å². The Bertz CT molecular complexity index is 513. The molecule has 0 aliphatic rings. The smallest absolute Gasteiger partial charge is 0.129 e. The molecule has 1 heterocycles. The number of aliphatic hydroxyl groups excluding tert-OH is 1. The largest absolute Gasteiger partial charge is 0.396 e. The molecular formula is C14H18ClN3O. The lowest BCUT2D eigenvalue weighted by molar-refractivity contribution is 0.289. The molecule has 2 aromatic rings. The molecule has 5 heteroatoms. The predicted molar refractivity (Wildman–Crippen MR) is 77.4 cm³/mol. The SMILES string of the molecule is Cn1c(Cl)cnc1CN(CCCO)c1ccccc1. The van der Waals surface area contributed by atoms with Gasteiger partial charge in [0.1, 0.15) is 11.0 Å². The summed E-state index contributed by atoms with van der Waals surface area (Å²) in [7, 11) is 1.90. The van der Waals surface area contributed by atoms with Crippen molar-refractivity contribution in [2.45, 2.75) is 13.0 Å². The molecule has 0 saturated carbocycles. The maximum atomic E-state index is 9.02. The lowest BCUT2D eigenvalue weighted by Crippen LogP contribution is -2.26. The first-order chi connectivity index (χ1) is 9.22. The molecule has 1 N–H and O–H groups in total. The van der Waals surface area contributed by atoms with Gasteiger partial charge in [-0.1, -0.05) is 29.8 Å². The minimum atomic E-state index is 0.185. The van der Waals surface area contributed by atoms with E-state index in [0.29, 0.717) is 11.7 Å². The van der Waals surface area contributed by atoms with E-state index in [1.165, 1.54) is 0 Å². The van der Waals surface area contributed by atoms with Crippen molar-refractivity contribution >= 4 is 17.3 Å². The highest BCUT2D eigenvalue weighted by molar-refractivity contribution is 6.29. The number of anilines is 1. The molecule has 102 valence electrons. The second-order valence-corrected chi connectivity index (χ2v) is 4.78. The number of aliphatic hydroxyl groups is 1. The first kappa shape index (κ1) is 13.9. The second kappa shape index (κ2) is 6.59. The zero-order chi connectivity index (χ0) is 13.7. The summed E-state index contributed by atoms with van der Waals surface area (Å²) in [6, 6.07) is 10.1. The number of imidazole rings is 1. The number of aromatic nitrogens is 2. The van der Waals surface area contributed by atoms with Gasteiger partial charge in [-0.15, -0.1) is 0 Å². The summed E-state index contributed by atoms with van der Waals surface area (Å²) in [5.41, 5.74) is 1.12. The monoisotopic (exact) mass is 279 g/mol. The van der Waals surface area contributed by atoms with Gasteiger partial charge < -0.3 is 14.6 Å². The van der Waals surface area contributed by atoms with E-state index >= 15 is 0 Å². The van der Waals surface area contributed by atoms with Gasteiger partial charge in [-0.2, -0.15) is 0 Å². The minimum absolute atomic E-state index is 0.185. The molecular weight excluding hydrogens is 262 g/mol. The Hall–Kier alpha value is -1.52. The van der Waals surface area contributed by atoms with E-state index in [9.17, 15) is 0 Å². The molecule has 0 spiro atoms. The summed E-state index contributed by atoms with van der Waals surface area (Å²) in [5.74, 6) is 0.909. The average molecular weight is 280 g/mol. The molecule has 0 radical (unpaired) electrons. The van der Waals surface area contributed by atoms with Crippen LogP contribution in [0.3, 0.4) is 0 Å². The van der Waals surface area contributed by atoms with Crippen LogP contribution in [0.4, 0.5) is 5.69 Å². The Balaban J connectivity index is 2.16. The Morgan fingerprint density at radius 1 is 1.32 bits per heavy atom. The quantitative estimate of drug-likeness (QED) is 0.883. The first-order valence-electron chi connectivity index (χ1n) is 6.29. The van der Waals surface area contributed by atoms with Crippen molar-refractivity contribution in [3.8, 4) is 0 Å². The second-order valence-electron chi connectivity index (χ2n) is 4.39. The number of halogens is 1. The van der Waals surface area contributed by atoms with Gasteiger partial charge >= 0.3 is 0 Å². The van der Waals surface area contributed by atoms with E-state index in [-0.39, 0.29) is 6.61 Å². The first-order valence-corrected chi connectivity index (χ1v) is 6.67. The fourth-order valence-electron chi connectivity index (χ4n) is 1.94. The molecule has 2 rings (SSSR count). The Kier molecular flexibility index (Phi) is 4.82.